The van der Waals surface area contributed by atoms with Crippen molar-refractivity contribution >= 4 is 24.1 Å². The van der Waals surface area contributed by atoms with Gasteiger partial charge in [-0.3, -0.25) is 0 Å². The summed E-state index contributed by atoms with van der Waals surface area (Å²) in [5.74, 6) is 2.17. The lowest BCUT2D eigenvalue weighted by Gasteiger charge is -1.87. The summed E-state index contributed by atoms with van der Waals surface area (Å²) in [5, 5.41) is 0. The van der Waals surface area contributed by atoms with E-state index in [0.717, 1.165) is 0 Å². The van der Waals surface area contributed by atoms with Crippen LogP contribution in [0.4, 0.5) is 0 Å². The fourth-order valence-corrected chi connectivity index (χ4v) is 1.46. The van der Waals surface area contributed by atoms with E-state index in [1.54, 1.807) is 0 Å². The largest absolute Gasteiger partial charge is 0.0605 e. The highest BCUT2D eigenvalue weighted by Gasteiger charge is 1.82. The van der Waals surface area contributed by atoms with Crippen LogP contribution < -0.4 is 0 Å². The average Bonchev–Trinajstić information content (AvgIpc) is 1.77. The summed E-state index contributed by atoms with van der Waals surface area (Å²) in [6, 6.07) is 4.18. The first-order chi connectivity index (χ1) is 3.79. The first-order valence-electron chi connectivity index (χ1n) is 2.37. The quantitative estimate of drug-likeness (QED) is 0.587. The maximum Gasteiger partial charge on any atom is 0.0447 e. The molecule has 0 saturated heterocycles. The van der Waals surface area contributed by atoms with Crippen LogP contribution in [-0.2, 0) is 0 Å². The Morgan fingerprint density at radius 1 is 1.50 bits per heavy atom. The van der Waals surface area contributed by atoms with Gasteiger partial charge in [0, 0.05) is 4.20 Å². The highest BCUT2D eigenvalue weighted by Crippen LogP contribution is 2.21. The monoisotopic (exact) mass is 188 g/mol. The second-order valence-electron chi connectivity index (χ2n) is 1.66. The summed E-state index contributed by atoms with van der Waals surface area (Å²) >= 11 is 3.39. The fourth-order valence-electron chi connectivity index (χ4n) is 0.450. The minimum absolute atomic E-state index is 1.24. The van der Waals surface area contributed by atoms with Crippen molar-refractivity contribution in [2.75, 3.05) is 0 Å². The highest BCUT2D eigenvalue weighted by atomic mass is 79.9. The van der Waals surface area contributed by atoms with Crippen LogP contribution in [0.15, 0.2) is 22.1 Å². The van der Waals surface area contributed by atoms with E-state index < -0.39 is 0 Å². The molecule has 0 aliphatic heterocycles. The van der Waals surface area contributed by atoms with Crippen LogP contribution in [0.2, 0.25) is 0 Å². The molecule has 0 aromatic carbocycles. The number of rotatable bonds is 0. The van der Waals surface area contributed by atoms with Crippen LogP contribution in [0.3, 0.4) is 0 Å². The Kier molecular flexibility index (Phi) is 2.04. The third-order valence-electron chi connectivity index (χ3n) is 0.875. The number of hydrogen-bond acceptors (Lipinski definition) is 0. The zero-order valence-electron chi connectivity index (χ0n) is 4.56. The zero-order chi connectivity index (χ0) is 5.98. The molecule has 0 fully saturated rings. The maximum absolute atomic E-state index is 3.39. The first-order valence-corrected chi connectivity index (χ1v) is 4.13. The molecule has 0 amide bonds. The van der Waals surface area contributed by atoms with Gasteiger partial charge >= 0.3 is 0 Å². The predicted molar refractivity (Wildman–Crippen MR) is 41.4 cm³/mol. The lowest BCUT2D eigenvalue weighted by Crippen LogP contribution is -1.61. The summed E-state index contributed by atoms with van der Waals surface area (Å²) in [4.78, 5) is 0. The number of hydrogen-bond donors (Lipinski definition) is 0. The SMILES string of the molecule is Cc1ccc(Br)pc1. The van der Waals surface area contributed by atoms with Gasteiger partial charge in [0.25, 0.3) is 0 Å². The normalized spacial score (nSPS) is 10.2. The molecule has 0 unspecified atom stereocenters. The topological polar surface area (TPSA) is 0 Å². The second-order valence-corrected chi connectivity index (χ2v) is 4.12. The molecule has 0 spiro atoms. The van der Waals surface area contributed by atoms with Gasteiger partial charge in [-0.25, -0.2) is 0 Å². The maximum atomic E-state index is 3.39. The number of aryl methyl sites for hydroxylation is 1. The molecule has 1 rings (SSSR count). The van der Waals surface area contributed by atoms with E-state index in [1.165, 1.54) is 18.0 Å². The van der Waals surface area contributed by atoms with Crippen molar-refractivity contribution in [3.8, 4) is 0 Å². The van der Waals surface area contributed by atoms with Crippen molar-refractivity contribution in [3.05, 3.63) is 27.7 Å². The van der Waals surface area contributed by atoms with Gasteiger partial charge in [0.2, 0.25) is 0 Å². The van der Waals surface area contributed by atoms with E-state index in [9.17, 15) is 0 Å². The second kappa shape index (κ2) is 2.61. The summed E-state index contributed by atoms with van der Waals surface area (Å²) in [6.07, 6.45) is 0. The molecule has 1 heterocycles. The molecular formula is C6H6BrP. The Hall–Kier alpha value is 0.130. The minimum Gasteiger partial charge on any atom is -0.0605 e. The third kappa shape index (κ3) is 1.57. The van der Waals surface area contributed by atoms with E-state index in [2.05, 4.69) is 40.8 Å². The molecule has 0 aliphatic rings. The Morgan fingerprint density at radius 3 is 2.62 bits per heavy atom. The Labute approximate surface area is 59.2 Å². The van der Waals surface area contributed by atoms with Gasteiger partial charge in [0.15, 0.2) is 0 Å². The standard InChI is InChI=1S/C6H6BrP/c1-5-2-3-6(7)8-4-5/h2-4H,1H3. The summed E-state index contributed by atoms with van der Waals surface area (Å²) in [7, 11) is 1.28. The summed E-state index contributed by atoms with van der Waals surface area (Å²) < 4.78 is 1.24. The lowest BCUT2D eigenvalue weighted by atomic mass is 10.4. The van der Waals surface area contributed by atoms with Crippen molar-refractivity contribution in [2.24, 2.45) is 0 Å². The highest BCUT2D eigenvalue weighted by molar-refractivity contribution is 9.11. The van der Waals surface area contributed by atoms with Gasteiger partial charge < -0.3 is 0 Å². The smallest absolute Gasteiger partial charge is 0.0447 e. The van der Waals surface area contributed by atoms with Gasteiger partial charge in [-0.05, 0) is 40.3 Å². The van der Waals surface area contributed by atoms with Crippen molar-refractivity contribution in [1.82, 2.24) is 0 Å². The summed E-state index contributed by atoms with van der Waals surface area (Å²) in [6.45, 7) is 2.10. The van der Waals surface area contributed by atoms with Crippen LogP contribution >= 0.6 is 24.1 Å². The van der Waals surface area contributed by atoms with Gasteiger partial charge in [-0.2, -0.15) is 0 Å². The molecule has 1 aromatic rings. The molecule has 8 heavy (non-hydrogen) atoms. The lowest BCUT2D eigenvalue weighted by molar-refractivity contribution is 1.52. The van der Waals surface area contributed by atoms with Crippen molar-refractivity contribution < 1.29 is 0 Å². The van der Waals surface area contributed by atoms with E-state index in [4.69, 9.17) is 0 Å². The number of halogens is 1. The van der Waals surface area contributed by atoms with Crippen molar-refractivity contribution in [2.45, 2.75) is 6.92 Å². The van der Waals surface area contributed by atoms with Crippen molar-refractivity contribution in [3.63, 3.8) is 0 Å². The molecule has 0 aliphatic carbocycles. The molecule has 0 N–H and O–H groups in total. The molecule has 0 saturated carbocycles. The van der Waals surface area contributed by atoms with E-state index in [0.29, 0.717) is 0 Å². The van der Waals surface area contributed by atoms with Crippen LogP contribution in [0.1, 0.15) is 5.56 Å². The van der Waals surface area contributed by atoms with Gasteiger partial charge in [-0.15, -0.1) is 0 Å². The predicted octanol–water partition coefficient (Wildman–Crippen LogP) is 3.34. The molecule has 1 aromatic heterocycles. The van der Waals surface area contributed by atoms with Crippen LogP contribution in [0.5, 0.6) is 0 Å². The molecule has 2 heteroatoms. The van der Waals surface area contributed by atoms with Gasteiger partial charge in [0.05, 0.1) is 0 Å². The Bertz CT molecular complexity index is 147. The molecule has 0 nitrogen and oxygen atoms in total. The first kappa shape index (κ1) is 6.25. The van der Waals surface area contributed by atoms with Crippen LogP contribution in [0, 0.1) is 6.92 Å². The minimum atomic E-state index is 1.24. The van der Waals surface area contributed by atoms with E-state index >= 15 is 0 Å². The van der Waals surface area contributed by atoms with Crippen molar-refractivity contribution in [1.29, 1.82) is 0 Å². The molecule has 0 bridgehead atoms. The third-order valence-corrected chi connectivity index (χ3v) is 2.69. The van der Waals surface area contributed by atoms with E-state index in [-0.39, 0.29) is 0 Å². The van der Waals surface area contributed by atoms with Crippen LogP contribution in [-0.4, -0.2) is 0 Å². The van der Waals surface area contributed by atoms with Gasteiger partial charge in [-0.1, -0.05) is 14.3 Å². The van der Waals surface area contributed by atoms with Crippen LogP contribution in [0.25, 0.3) is 0 Å². The van der Waals surface area contributed by atoms with E-state index in [1.807, 2.05) is 0 Å². The molecule has 0 radical (unpaired) electrons. The summed E-state index contributed by atoms with van der Waals surface area (Å²) in [5.41, 5.74) is 1.34. The Balaban J connectivity index is 3.03. The molecule has 0 atom stereocenters. The fraction of sp³-hybridized carbons (Fsp3) is 0.167. The zero-order valence-corrected chi connectivity index (χ0v) is 7.04. The van der Waals surface area contributed by atoms with Gasteiger partial charge in [0.1, 0.15) is 0 Å². The molecule has 42 valence electrons. The molecular weight excluding hydrogens is 183 g/mol. The Morgan fingerprint density at radius 2 is 2.25 bits per heavy atom. The average molecular weight is 189 g/mol.